The van der Waals surface area contributed by atoms with E-state index in [2.05, 4.69) is 29.5 Å². The monoisotopic (exact) mass is 469 g/mol. The van der Waals surface area contributed by atoms with Gasteiger partial charge < -0.3 is 15.0 Å². The second-order valence-corrected chi connectivity index (χ2v) is 9.79. The van der Waals surface area contributed by atoms with Crippen molar-refractivity contribution < 1.29 is 14.3 Å². The molecule has 8 nitrogen and oxygen atoms in total. The molecule has 1 aliphatic rings. The van der Waals surface area contributed by atoms with Crippen molar-refractivity contribution in [3.05, 3.63) is 46.7 Å². The van der Waals surface area contributed by atoms with Gasteiger partial charge in [-0.15, -0.1) is 16.4 Å². The van der Waals surface area contributed by atoms with E-state index >= 15 is 0 Å². The maximum atomic E-state index is 13.7. The number of thiophene rings is 1. The van der Waals surface area contributed by atoms with Gasteiger partial charge in [0.1, 0.15) is 18.1 Å². The fourth-order valence-electron chi connectivity index (χ4n) is 4.06. The number of hydrogen-bond acceptors (Lipinski definition) is 6. The number of carbonyl (C=O) groups excluding carboxylic acids is 2. The summed E-state index contributed by atoms with van der Waals surface area (Å²) in [6.45, 7) is 5.88. The third-order valence-electron chi connectivity index (χ3n) is 5.84. The normalized spacial score (nSPS) is 16.9. The van der Waals surface area contributed by atoms with Crippen LogP contribution in [0.4, 0.5) is 0 Å². The highest BCUT2D eigenvalue weighted by Gasteiger charge is 2.35. The smallest absolute Gasteiger partial charge is 0.248 e. The zero-order chi connectivity index (χ0) is 23.2. The van der Waals surface area contributed by atoms with Gasteiger partial charge in [-0.1, -0.05) is 37.3 Å². The first-order chi connectivity index (χ1) is 16.0. The van der Waals surface area contributed by atoms with Crippen molar-refractivity contribution in [3.8, 4) is 0 Å². The van der Waals surface area contributed by atoms with Crippen molar-refractivity contribution in [2.45, 2.75) is 51.8 Å². The van der Waals surface area contributed by atoms with Crippen LogP contribution in [0.5, 0.6) is 0 Å². The molecule has 0 unspecified atom stereocenters. The van der Waals surface area contributed by atoms with E-state index in [1.54, 1.807) is 9.58 Å². The van der Waals surface area contributed by atoms with E-state index in [1.165, 1.54) is 11.3 Å². The number of rotatable bonds is 10. The van der Waals surface area contributed by atoms with Gasteiger partial charge in [-0.3, -0.25) is 9.59 Å². The summed E-state index contributed by atoms with van der Waals surface area (Å²) in [5, 5.41) is 13.3. The predicted octanol–water partition coefficient (Wildman–Crippen LogP) is 3.40. The van der Waals surface area contributed by atoms with Crippen LogP contribution < -0.4 is 5.32 Å². The summed E-state index contributed by atoms with van der Waals surface area (Å²) in [6, 6.07) is 10.7. The molecule has 176 valence electrons. The molecule has 3 aromatic rings. The van der Waals surface area contributed by atoms with E-state index in [9.17, 15) is 9.59 Å². The molecule has 9 heteroatoms. The summed E-state index contributed by atoms with van der Waals surface area (Å²) in [7, 11) is 0. The van der Waals surface area contributed by atoms with Gasteiger partial charge in [0.2, 0.25) is 11.8 Å². The highest BCUT2D eigenvalue weighted by atomic mass is 32.1. The molecule has 3 heterocycles. The fraction of sp³-hybridized carbons (Fsp3) is 0.500. The Kier molecular flexibility index (Phi) is 7.72. The first kappa shape index (κ1) is 23.4. The molecule has 1 fully saturated rings. The average Bonchev–Trinajstić information content (AvgIpc) is 3.56. The number of benzene rings is 1. The first-order valence-electron chi connectivity index (χ1n) is 11.5. The van der Waals surface area contributed by atoms with Crippen molar-refractivity contribution in [3.63, 3.8) is 0 Å². The van der Waals surface area contributed by atoms with E-state index in [1.807, 2.05) is 41.8 Å². The summed E-state index contributed by atoms with van der Waals surface area (Å²) in [5.74, 6) is 0.141. The Bertz CT molecular complexity index is 1060. The van der Waals surface area contributed by atoms with Gasteiger partial charge in [0.05, 0.1) is 11.6 Å². The Hall–Kier alpha value is -2.78. The van der Waals surface area contributed by atoms with Gasteiger partial charge in [-0.05, 0) is 48.8 Å². The second-order valence-electron chi connectivity index (χ2n) is 8.81. The molecule has 2 atom stereocenters. The van der Waals surface area contributed by atoms with Crippen LogP contribution in [-0.4, -0.2) is 57.5 Å². The fourth-order valence-corrected chi connectivity index (χ4v) is 4.90. The molecular weight excluding hydrogens is 438 g/mol. The van der Waals surface area contributed by atoms with Gasteiger partial charge in [-0.2, -0.15) is 0 Å². The SMILES string of the molecule is CC(C)CCNC(=O)[C@H](c1cccs1)N(C[C@H]1CCCO1)C(=O)Cn1nnc2ccccc21. The minimum Gasteiger partial charge on any atom is -0.376 e. The van der Waals surface area contributed by atoms with E-state index in [4.69, 9.17) is 4.74 Å². The summed E-state index contributed by atoms with van der Waals surface area (Å²) >= 11 is 1.48. The maximum absolute atomic E-state index is 13.7. The molecule has 2 aromatic heterocycles. The van der Waals surface area contributed by atoms with E-state index in [0.29, 0.717) is 25.6 Å². The quantitative estimate of drug-likeness (QED) is 0.492. The van der Waals surface area contributed by atoms with Crippen LogP contribution in [0.1, 0.15) is 44.0 Å². The van der Waals surface area contributed by atoms with E-state index in [0.717, 1.165) is 35.2 Å². The number of nitrogens with one attached hydrogen (secondary N) is 1. The van der Waals surface area contributed by atoms with Crippen LogP contribution in [0.25, 0.3) is 11.0 Å². The van der Waals surface area contributed by atoms with E-state index < -0.39 is 6.04 Å². The van der Waals surface area contributed by atoms with Crippen LogP contribution in [0.2, 0.25) is 0 Å². The molecule has 0 aliphatic carbocycles. The molecule has 0 bridgehead atoms. The standard InChI is InChI=1S/C24H31N5O3S/c1-17(2)11-12-25-24(31)23(21-10-6-14-33-21)28(15-18-7-5-13-32-18)22(30)16-29-20-9-4-3-8-19(20)26-27-29/h3-4,6,8-10,14,17-18,23H,5,7,11-13,15-16H2,1-2H3,(H,25,31)/t18-,23+/m1/s1. The zero-order valence-electron chi connectivity index (χ0n) is 19.1. The minimum absolute atomic E-state index is 0.00832. The molecule has 0 spiro atoms. The molecule has 1 saturated heterocycles. The third kappa shape index (κ3) is 5.78. The van der Waals surface area contributed by atoms with Crippen LogP contribution in [0, 0.1) is 5.92 Å². The number of para-hydroxylation sites is 1. The molecule has 0 radical (unpaired) electrons. The second kappa shape index (κ2) is 10.9. The maximum Gasteiger partial charge on any atom is 0.248 e. The van der Waals surface area contributed by atoms with Crippen molar-refractivity contribution >= 4 is 34.2 Å². The van der Waals surface area contributed by atoms with Gasteiger partial charge in [0, 0.05) is 24.6 Å². The molecule has 1 aliphatic heterocycles. The number of ether oxygens (including phenoxy) is 1. The van der Waals surface area contributed by atoms with Gasteiger partial charge in [0.15, 0.2) is 0 Å². The summed E-state index contributed by atoms with van der Waals surface area (Å²) < 4.78 is 7.44. The molecule has 4 rings (SSSR count). The van der Waals surface area contributed by atoms with Crippen molar-refractivity contribution in [1.82, 2.24) is 25.2 Å². The summed E-state index contributed by atoms with van der Waals surface area (Å²) in [6.07, 6.45) is 2.65. The molecule has 2 amide bonds. The molecule has 1 aromatic carbocycles. The number of aromatic nitrogens is 3. The molecular formula is C24H31N5O3S. The molecule has 33 heavy (non-hydrogen) atoms. The molecule has 1 N–H and O–H groups in total. The van der Waals surface area contributed by atoms with Crippen LogP contribution >= 0.6 is 11.3 Å². The number of hydrogen-bond donors (Lipinski definition) is 1. The van der Waals surface area contributed by atoms with Gasteiger partial charge in [-0.25, -0.2) is 4.68 Å². The van der Waals surface area contributed by atoms with Crippen molar-refractivity contribution in [2.24, 2.45) is 5.92 Å². The first-order valence-corrected chi connectivity index (χ1v) is 12.4. The molecule has 0 saturated carbocycles. The Labute approximate surface area is 197 Å². The summed E-state index contributed by atoms with van der Waals surface area (Å²) in [4.78, 5) is 29.6. The minimum atomic E-state index is -0.705. The Morgan fingerprint density at radius 2 is 2.12 bits per heavy atom. The number of nitrogens with zero attached hydrogens (tertiary/aromatic N) is 4. The highest BCUT2D eigenvalue weighted by molar-refractivity contribution is 7.10. The van der Waals surface area contributed by atoms with Gasteiger partial charge >= 0.3 is 0 Å². The van der Waals surface area contributed by atoms with Crippen molar-refractivity contribution in [1.29, 1.82) is 0 Å². The lowest BCUT2D eigenvalue weighted by Crippen LogP contribution is -2.47. The van der Waals surface area contributed by atoms with Crippen LogP contribution in [0.15, 0.2) is 41.8 Å². The number of amides is 2. The number of carbonyl (C=O) groups is 2. The van der Waals surface area contributed by atoms with Crippen LogP contribution in [0.3, 0.4) is 0 Å². The Morgan fingerprint density at radius 1 is 1.27 bits per heavy atom. The highest BCUT2D eigenvalue weighted by Crippen LogP contribution is 2.28. The lowest BCUT2D eigenvalue weighted by atomic mass is 10.1. The zero-order valence-corrected chi connectivity index (χ0v) is 20.0. The average molecular weight is 470 g/mol. The third-order valence-corrected chi connectivity index (χ3v) is 6.77. The largest absolute Gasteiger partial charge is 0.376 e. The Morgan fingerprint density at radius 3 is 2.85 bits per heavy atom. The summed E-state index contributed by atoms with van der Waals surface area (Å²) in [5.41, 5.74) is 1.52. The van der Waals surface area contributed by atoms with Gasteiger partial charge in [0.25, 0.3) is 0 Å². The Balaban J connectivity index is 1.60. The van der Waals surface area contributed by atoms with Crippen LogP contribution in [-0.2, 0) is 20.9 Å². The lowest BCUT2D eigenvalue weighted by molar-refractivity contribution is -0.143. The predicted molar refractivity (Wildman–Crippen MR) is 128 cm³/mol. The lowest BCUT2D eigenvalue weighted by Gasteiger charge is -2.32. The topological polar surface area (TPSA) is 89.4 Å². The van der Waals surface area contributed by atoms with Crippen molar-refractivity contribution in [2.75, 3.05) is 19.7 Å². The van der Waals surface area contributed by atoms with E-state index in [-0.39, 0.29) is 24.5 Å². The number of fused-ring (bicyclic) bond motifs is 1.